The highest BCUT2D eigenvalue weighted by Gasteiger charge is 2.40. The first-order valence-electron chi connectivity index (χ1n) is 5.32. The van der Waals surface area contributed by atoms with Gasteiger partial charge in [0.05, 0.1) is 6.61 Å². The first-order chi connectivity index (χ1) is 7.95. The highest BCUT2D eigenvalue weighted by atomic mass is 79.9. The zero-order chi connectivity index (χ0) is 12.5. The molecule has 1 aliphatic heterocycles. The van der Waals surface area contributed by atoms with Crippen LogP contribution in [0.15, 0.2) is 36.4 Å². The molecule has 0 fully saturated rings. The van der Waals surface area contributed by atoms with Crippen LogP contribution in [0.25, 0.3) is 0 Å². The number of benzene rings is 1. The van der Waals surface area contributed by atoms with Gasteiger partial charge in [-0.15, -0.1) is 23.4 Å². The van der Waals surface area contributed by atoms with Gasteiger partial charge in [-0.2, -0.15) is 0 Å². The summed E-state index contributed by atoms with van der Waals surface area (Å²) in [7, 11) is 0. The van der Waals surface area contributed by atoms with Crippen molar-refractivity contribution in [2.45, 2.75) is 14.8 Å². The van der Waals surface area contributed by atoms with Crippen molar-refractivity contribution in [2.24, 2.45) is 0 Å². The number of alkyl halides is 2. The van der Waals surface area contributed by atoms with Crippen LogP contribution >= 0.6 is 39.3 Å². The molecule has 0 N–H and O–H groups in total. The summed E-state index contributed by atoms with van der Waals surface area (Å²) in [6.07, 6.45) is 3.93. The van der Waals surface area contributed by atoms with E-state index in [1.165, 1.54) is 0 Å². The van der Waals surface area contributed by atoms with Crippen LogP contribution in [-0.4, -0.2) is 10.8 Å². The molecule has 1 heterocycles. The van der Waals surface area contributed by atoms with Crippen LogP contribution in [0.1, 0.15) is 12.5 Å². The van der Waals surface area contributed by atoms with E-state index in [9.17, 15) is 0 Å². The normalized spacial score (nSPS) is 31.8. The lowest BCUT2D eigenvalue weighted by molar-refractivity contribution is 0.340. The fourth-order valence-electron chi connectivity index (χ4n) is 1.67. The second-order valence-corrected chi connectivity index (χ2v) is 8.08. The molecule has 0 aromatic heterocycles. The van der Waals surface area contributed by atoms with Crippen molar-refractivity contribution < 1.29 is 4.74 Å². The zero-order valence-electron chi connectivity index (χ0n) is 9.45. The van der Waals surface area contributed by atoms with Gasteiger partial charge in [-0.25, -0.2) is 0 Å². The van der Waals surface area contributed by atoms with Crippen molar-refractivity contribution in [1.82, 2.24) is 0 Å². The molecule has 0 amide bonds. The van der Waals surface area contributed by atoms with Crippen molar-refractivity contribution in [2.75, 3.05) is 6.61 Å². The van der Waals surface area contributed by atoms with Crippen LogP contribution < -0.4 is 4.74 Å². The predicted octanol–water partition coefficient (Wildman–Crippen LogP) is 4.71. The third-order valence-corrected chi connectivity index (χ3v) is 5.11. The molecule has 1 nitrogen and oxygen atoms in total. The van der Waals surface area contributed by atoms with Crippen LogP contribution in [0.5, 0.6) is 5.75 Å². The molecule has 0 bridgehead atoms. The minimum Gasteiger partial charge on any atom is -0.494 e. The van der Waals surface area contributed by atoms with Gasteiger partial charge in [0.25, 0.3) is 0 Å². The fraction of sp³-hybridized carbons (Fsp3) is 0.308. The van der Waals surface area contributed by atoms with Gasteiger partial charge in [-0.1, -0.05) is 40.2 Å². The van der Waals surface area contributed by atoms with Gasteiger partial charge in [0.15, 0.2) is 0 Å². The van der Waals surface area contributed by atoms with Crippen LogP contribution in [-0.2, 0) is 3.66 Å². The molecule has 0 saturated carbocycles. The second-order valence-electron chi connectivity index (χ2n) is 3.83. The first kappa shape index (κ1) is 13.3. The van der Waals surface area contributed by atoms with E-state index in [4.69, 9.17) is 16.3 Å². The summed E-state index contributed by atoms with van der Waals surface area (Å²) in [6, 6.07) is 8.00. The van der Waals surface area contributed by atoms with Gasteiger partial charge >= 0.3 is 0 Å². The molecule has 0 aliphatic carbocycles. The zero-order valence-corrected chi connectivity index (χ0v) is 12.6. The SMILES string of the molecule is [CH2]C1(Cl)C=CC(Br)(c2cccc(OCC)c2)S1. The van der Waals surface area contributed by atoms with E-state index in [0.29, 0.717) is 6.61 Å². The predicted molar refractivity (Wildman–Crippen MR) is 78.9 cm³/mol. The molecular formula is C13H13BrClOS. The molecule has 91 valence electrons. The minimum absolute atomic E-state index is 0.316. The highest BCUT2D eigenvalue weighted by molar-refractivity contribution is 9.11. The maximum atomic E-state index is 6.21. The number of halogens is 2. The maximum Gasteiger partial charge on any atom is 0.119 e. The Hall–Kier alpha value is -0.120. The Morgan fingerprint density at radius 2 is 2.24 bits per heavy atom. The van der Waals surface area contributed by atoms with Crippen molar-refractivity contribution in [3.05, 3.63) is 48.9 Å². The average Bonchev–Trinajstić information content (AvgIpc) is 2.55. The molecule has 1 aromatic carbocycles. The average molecular weight is 333 g/mol. The topological polar surface area (TPSA) is 9.23 Å². The smallest absolute Gasteiger partial charge is 0.119 e. The van der Waals surface area contributed by atoms with Gasteiger partial charge in [0, 0.05) is 0 Å². The Kier molecular flexibility index (Phi) is 3.81. The Bertz CT molecular complexity index is 447. The van der Waals surface area contributed by atoms with E-state index in [0.717, 1.165) is 11.3 Å². The summed E-state index contributed by atoms with van der Waals surface area (Å²) >= 11 is 11.5. The van der Waals surface area contributed by atoms with Crippen LogP contribution in [0, 0.1) is 6.92 Å². The molecular weight excluding hydrogens is 320 g/mol. The molecule has 1 radical (unpaired) electrons. The lowest BCUT2D eigenvalue weighted by Gasteiger charge is -2.24. The van der Waals surface area contributed by atoms with Gasteiger partial charge in [-0.3, -0.25) is 0 Å². The third kappa shape index (κ3) is 3.01. The molecule has 2 atom stereocenters. The summed E-state index contributed by atoms with van der Waals surface area (Å²) in [6.45, 7) is 6.57. The third-order valence-electron chi connectivity index (χ3n) is 2.40. The van der Waals surface area contributed by atoms with Gasteiger partial charge < -0.3 is 4.74 Å². The molecule has 2 unspecified atom stereocenters. The maximum absolute atomic E-state index is 6.21. The number of ether oxygens (including phenoxy) is 1. The number of thioether (sulfide) groups is 1. The largest absolute Gasteiger partial charge is 0.494 e. The van der Waals surface area contributed by atoms with Crippen molar-refractivity contribution in [3.8, 4) is 5.75 Å². The van der Waals surface area contributed by atoms with Crippen LogP contribution in [0.2, 0.25) is 0 Å². The summed E-state index contributed by atoms with van der Waals surface area (Å²) in [5, 5.41) is 0. The Morgan fingerprint density at radius 1 is 1.47 bits per heavy atom. The number of hydrogen-bond donors (Lipinski definition) is 0. The molecule has 0 saturated heterocycles. The number of rotatable bonds is 3. The Balaban J connectivity index is 2.29. The first-order valence-corrected chi connectivity index (χ1v) is 7.31. The summed E-state index contributed by atoms with van der Waals surface area (Å²) in [4.78, 5) is 0. The summed E-state index contributed by atoms with van der Waals surface area (Å²) in [5.41, 5.74) is 1.11. The molecule has 2 rings (SSSR count). The van der Waals surface area contributed by atoms with E-state index in [1.54, 1.807) is 11.8 Å². The van der Waals surface area contributed by atoms with E-state index < -0.39 is 4.21 Å². The lowest BCUT2D eigenvalue weighted by atomic mass is 10.1. The van der Waals surface area contributed by atoms with Gasteiger partial charge in [0.2, 0.25) is 0 Å². The second kappa shape index (κ2) is 4.87. The number of hydrogen-bond acceptors (Lipinski definition) is 2. The van der Waals surface area contributed by atoms with Crippen LogP contribution in [0.3, 0.4) is 0 Å². The Morgan fingerprint density at radius 3 is 2.82 bits per heavy atom. The summed E-state index contributed by atoms with van der Waals surface area (Å²) < 4.78 is 4.58. The lowest BCUT2D eigenvalue weighted by Crippen LogP contribution is -2.12. The van der Waals surface area contributed by atoms with Crippen molar-refractivity contribution in [3.63, 3.8) is 0 Å². The molecule has 0 spiro atoms. The van der Waals surface area contributed by atoms with Gasteiger partial charge in [0.1, 0.15) is 13.6 Å². The van der Waals surface area contributed by atoms with Crippen molar-refractivity contribution in [1.29, 1.82) is 0 Å². The molecule has 17 heavy (non-hydrogen) atoms. The molecule has 1 aliphatic rings. The van der Waals surface area contributed by atoms with Gasteiger partial charge in [-0.05, 0) is 31.5 Å². The quantitative estimate of drug-likeness (QED) is 0.586. The van der Waals surface area contributed by atoms with E-state index >= 15 is 0 Å². The standard InChI is InChI=1S/C13H13BrClOS/c1-3-16-11-6-4-5-10(9-11)13(14)8-7-12(2,15)17-13/h4-9H,2-3H2,1H3. The summed E-state index contributed by atoms with van der Waals surface area (Å²) in [5.74, 6) is 0.869. The van der Waals surface area contributed by atoms with Crippen LogP contribution in [0.4, 0.5) is 0 Å². The molecule has 4 heteroatoms. The fourth-order valence-corrected chi connectivity index (χ4v) is 4.63. The monoisotopic (exact) mass is 331 g/mol. The van der Waals surface area contributed by atoms with E-state index in [-0.39, 0.29) is 3.66 Å². The van der Waals surface area contributed by atoms with E-state index in [2.05, 4.69) is 22.9 Å². The molecule has 1 aromatic rings. The van der Waals surface area contributed by atoms with Crippen molar-refractivity contribution >= 4 is 39.3 Å². The highest BCUT2D eigenvalue weighted by Crippen LogP contribution is 2.57. The van der Waals surface area contributed by atoms with E-state index in [1.807, 2.05) is 43.3 Å². The minimum atomic E-state index is -0.606. The Labute approximate surface area is 120 Å².